The molecular weight excluding hydrogens is 306 g/mol. The standard InChI is InChI=1S/C18H19N3O3/c1-20(24-2)18(23)10-14-5-8-16-17(9-14)21(12-19-16)15-6-3-13(11-22)4-7-15/h3-9,12,22H,10-11H2,1-2H3. The summed E-state index contributed by atoms with van der Waals surface area (Å²) in [5.74, 6) is -0.116. The first kappa shape index (κ1) is 16.2. The Kier molecular flexibility index (Phi) is 4.59. The van der Waals surface area contributed by atoms with Gasteiger partial charge in [0.15, 0.2) is 0 Å². The van der Waals surface area contributed by atoms with Gasteiger partial charge in [0.2, 0.25) is 5.91 Å². The molecule has 1 aromatic heterocycles. The van der Waals surface area contributed by atoms with Gasteiger partial charge in [-0.3, -0.25) is 14.2 Å². The maximum atomic E-state index is 12.0. The zero-order chi connectivity index (χ0) is 17.1. The first-order chi connectivity index (χ1) is 11.6. The molecule has 0 radical (unpaired) electrons. The lowest BCUT2D eigenvalue weighted by molar-refractivity contribution is -0.167. The molecule has 0 unspecified atom stereocenters. The molecular formula is C18H19N3O3. The molecule has 0 saturated heterocycles. The van der Waals surface area contributed by atoms with E-state index in [4.69, 9.17) is 9.94 Å². The molecule has 6 nitrogen and oxygen atoms in total. The number of likely N-dealkylation sites (N-methyl/N-ethyl adjacent to an activating group) is 1. The van der Waals surface area contributed by atoms with Gasteiger partial charge in [0.1, 0.15) is 6.33 Å². The number of amides is 1. The molecule has 24 heavy (non-hydrogen) atoms. The fourth-order valence-corrected chi connectivity index (χ4v) is 2.52. The monoisotopic (exact) mass is 325 g/mol. The van der Waals surface area contributed by atoms with E-state index in [9.17, 15) is 4.79 Å². The van der Waals surface area contributed by atoms with E-state index < -0.39 is 0 Å². The fourth-order valence-electron chi connectivity index (χ4n) is 2.52. The van der Waals surface area contributed by atoms with Gasteiger partial charge in [-0.1, -0.05) is 18.2 Å². The normalized spacial score (nSPS) is 11.0. The minimum atomic E-state index is -0.116. The number of hydrogen-bond donors (Lipinski definition) is 1. The van der Waals surface area contributed by atoms with Crippen LogP contribution in [0.5, 0.6) is 0 Å². The Morgan fingerprint density at radius 2 is 1.92 bits per heavy atom. The van der Waals surface area contributed by atoms with Crippen molar-refractivity contribution < 1.29 is 14.7 Å². The SMILES string of the molecule is CON(C)C(=O)Cc1ccc2ncn(-c3ccc(CO)cc3)c2c1. The van der Waals surface area contributed by atoms with Gasteiger partial charge >= 0.3 is 0 Å². The Morgan fingerprint density at radius 3 is 2.58 bits per heavy atom. The Bertz CT molecular complexity index is 856. The predicted octanol–water partition coefficient (Wildman–Crippen LogP) is 2.08. The lowest BCUT2D eigenvalue weighted by atomic mass is 10.1. The van der Waals surface area contributed by atoms with E-state index in [0.717, 1.165) is 27.8 Å². The van der Waals surface area contributed by atoms with Crippen LogP contribution in [0, 0.1) is 0 Å². The van der Waals surface area contributed by atoms with Crippen molar-refractivity contribution in [3.8, 4) is 5.69 Å². The number of hydroxylamine groups is 2. The van der Waals surface area contributed by atoms with E-state index >= 15 is 0 Å². The lowest BCUT2D eigenvalue weighted by Gasteiger charge is -2.13. The molecule has 0 aliphatic heterocycles. The summed E-state index contributed by atoms with van der Waals surface area (Å²) >= 11 is 0. The highest BCUT2D eigenvalue weighted by Gasteiger charge is 2.11. The molecule has 0 atom stereocenters. The predicted molar refractivity (Wildman–Crippen MR) is 90.5 cm³/mol. The van der Waals surface area contributed by atoms with Gasteiger partial charge in [0.05, 0.1) is 31.2 Å². The first-order valence-corrected chi connectivity index (χ1v) is 7.59. The van der Waals surface area contributed by atoms with Crippen LogP contribution in [0.15, 0.2) is 48.8 Å². The van der Waals surface area contributed by atoms with E-state index in [2.05, 4.69) is 4.98 Å². The molecule has 1 amide bonds. The summed E-state index contributed by atoms with van der Waals surface area (Å²) in [5.41, 5.74) is 4.49. The highest BCUT2D eigenvalue weighted by atomic mass is 16.7. The van der Waals surface area contributed by atoms with Crippen LogP contribution in [0.2, 0.25) is 0 Å². The lowest BCUT2D eigenvalue weighted by Crippen LogP contribution is -2.26. The van der Waals surface area contributed by atoms with E-state index in [-0.39, 0.29) is 18.9 Å². The van der Waals surface area contributed by atoms with E-state index in [1.54, 1.807) is 13.4 Å². The van der Waals surface area contributed by atoms with E-state index in [0.29, 0.717) is 0 Å². The Balaban J connectivity index is 1.95. The number of aliphatic hydroxyl groups is 1. The minimum absolute atomic E-state index is 0.0181. The number of carbonyl (C=O) groups is 1. The maximum absolute atomic E-state index is 12.0. The molecule has 0 aliphatic rings. The van der Waals surface area contributed by atoms with Crippen molar-refractivity contribution in [3.05, 3.63) is 59.9 Å². The summed E-state index contributed by atoms with van der Waals surface area (Å²) in [6.07, 6.45) is 2.01. The van der Waals surface area contributed by atoms with E-state index in [1.807, 2.05) is 47.0 Å². The van der Waals surface area contributed by atoms with E-state index in [1.165, 1.54) is 12.2 Å². The van der Waals surface area contributed by atoms with Crippen LogP contribution in [-0.4, -0.2) is 39.8 Å². The van der Waals surface area contributed by atoms with Crippen LogP contribution >= 0.6 is 0 Å². The number of hydrogen-bond acceptors (Lipinski definition) is 4. The van der Waals surface area contributed by atoms with Crippen molar-refractivity contribution in [2.24, 2.45) is 0 Å². The van der Waals surface area contributed by atoms with Crippen LogP contribution in [0.1, 0.15) is 11.1 Å². The molecule has 1 N–H and O–H groups in total. The summed E-state index contributed by atoms with van der Waals surface area (Å²) in [6, 6.07) is 13.4. The molecule has 0 aliphatic carbocycles. The van der Waals surface area contributed by atoms with Crippen molar-refractivity contribution in [3.63, 3.8) is 0 Å². The summed E-state index contributed by atoms with van der Waals surface area (Å²) < 4.78 is 1.96. The van der Waals surface area contributed by atoms with Crippen molar-refractivity contribution in [1.82, 2.24) is 14.6 Å². The molecule has 0 spiro atoms. The second-order valence-corrected chi connectivity index (χ2v) is 5.51. The second-order valence-electron chi connectivity index (χ2n) is 5.51. The largest absolute Gasteiger partial charge is 0.392 e. The van der Waals surface area contributed by atoms with Gasteiger partial charge in [0.25, 0.3) is 0 Å². The number of rotatable bonds is 5. The maximum Gasteiger partial charge on any atom is 0.250 e. The number of aliphatic hydroxyl groups excluding tert-OH is 1. The average molecular weight is 325 g/mol. The van der Waals surface area contributed by atoms with Gasteiger partial charge in [0, 0.05) is 12.7 Å². The van der Waals surface area contributed by atoms with Crippen molar-refractivity contribution >= 4 is 16.9 Å². The molecule has 124 valence electrons. The minimum Gasteiger partial charge on any atom is -0.392 e. The van der Waals surface area contributed by atoms with Gasteiger partial charge in [-0.05, 0) is 35.4 Å². The molecule has 2 aromatic carbocycles. The number of fused-ring (bicyclic) bond motifs is 1. The quantitative estimate of drug-likeness (QED) is 0.729. The zero-order valence-electron chi connectivity index (χ0n) is 13.6. The Labute approximate surface area is 139 Å². The third-order valence-electron chi connectivity index (χ3n) is 3.99. The number of imidazole rings is 1. The first-order valence-electron chi connectivity index (χ1n) is 7.59. The van der Waals surface area contributed by atoms with Crippen LogP contribution in [-0.2, 0) is 22.7 Å². The molecule has 1 heterocycles. The van der Waals surface area contributed by atoms with Gasteiger partial charge in [-0.15, -0.1) is 0 Å². The third kappa shape index (κ3) is 3.15. The zero-order valence-corrected chi connectivity index (χ0v) is 13.6. The van der Waals surface area contributed by atoms with Crippen LogP contribution < -0.4 is 0 Å². The summed E-state index contributed by atoms with van der Waals surface area (Å²) in [5, 5.41) is 10.4. The molecule has 3 aromatic rings. The highest BCUT2D eigenvalue weighted by Crippen LogP contribution is 2.20. The molecule has 0 bridgehead atoms. The van der Waals surface area contributed by atoms with Crippen LogP contribution in [0.4, 0.5) is 0 Å². The van der Waals surface area contributed by atoms with Crippen LogP contribution in [0.3, 0.4) is 0 Å². The van der Waals surface area contributed by atoms with Crippen molar-refractivity contribution in [1.29, 1.82) is 0 Å². The molecule has 0 fully saturated rings. The topological polar surface area (TPSA) is 67.6 Å². The molecule has 0 saturated carbocycles. The summed E-state index contributed by atoms with van der Waals surface area (Å²) in [7, 11) is 3.06. The van der Waals surface area contributed by atoms with Gasteiger partial charge in [-0.2, -0.15) is 0 Å². The number of aromatic nitrogens is 2. The highest BCUT2D eigenvalue weighted by molar-refractivity contribution is 5.82. The molecule has 3 rings (SSSR count). The smallest absolute Gasteiger partial charge is 0.250 e. The van der Waals surface area contributed by atoms with Crippen LogP contribution in [0.25, 0.3) is 16.7 Å². The van der Waals surface area contributed by atoms with Gasteiger partial charge in [-0.25, -0.2) is 10.0 Å². The average Bonchev–Trinajstić information content (AvgIpc) is 3.04. The Hall–Kier alpha value is -2.70. The van der Waals surface area contributed by atoms with Crippen molar-refractivity contribution in [2.75, 3.05) is 14.2 Å². The summed E-state index contributed by atoms with van der Waals surface area (Å²) in [6.45, 7) is 0.0181. The number of benzene rings is 2. The van der Waals surface area contributed by atoms with Gasteiger partial charge < -0.3 is 5.11 Å². The van der Waals surface area contributed by atoms with Crippen molar-refractivity contribution in [2.45, 2.75) is 13.0 Å². The molecule has 6 heteroatoms. The fraction of sp³-hybridized carbons (Fsp3) is 0.222. The second kappa shape index (κ2) is 6.82. The Morgan fingerprint density at radius 1 is 1.21 bits per heavy atom. The summed E-state index contributed by atoms with van der Waals surface area (Å²) in [4.78, 5) is 21.3. The number of carbonyl (C=O) groups excluding carboxylic acids is 1. The number of nitrogens with zero attached hydrogens (tertiary/aromatic N) is 3. The third-order valence-corrected chi connectivity index (χ3v) is 3.99.